The molecule has 0 fully saturated rings. The van der Waals surface area contributed by atoms with Crippen LogP contribution in [0.1, 0.15) is 32.6 Å². The van der Waals surface area contributed by atoms with E-state index in [0.29, 0.717) is 28.4 Å². The third-order valence-corrected chi connectivity index (χ3v) is 4.49. The number of carbonyl (C=O) groups excluding carboxylic acids is 2. The zero-order valence-electron chi connectivity index (χ0n) is 13.7. The lowest BCUT2D eigenvalue weighted by Gasteiger charge is -2.08. The first-order chi connectivity index (χ1) is 12.2. The van der Waals surface area contributed by atoms with Crippen LogP contribution in [0.3, 0.4) is 0 Å². The Bertz CT molecular complexity index is 902. The van der Waals surface area contributed by atoms with Crippen LogP contribution in [0.5, 0.6) is 0 Å². The predicted molar refractivity (Wildman–Crippen MR) is 94.3 cm³/mol. The standard InChI is InChI=1S/C17H16N4O3S/c1-3-13-11(10-19-21(13)14-6-4-5-8-18-14)16(22)20-12-7-9-25-15(12)17(23)24-2/h4-10H,3H2,1-2H3,(H,20,22). The summed E-state index contributed by atoms with van der Waals surface area (Å²) in [6.07, 6.45) is 3.78. The fourth-order valence-electron chi connectivity index (χ4n) is 2.43. The molecule has 0 bridgehead atoms. The number of esters is 1. The van der Waals surface area contributed by atoms with Gasteiger partial charge in [-0.2, -0.15) is 5.10 Å². The molecule has 0 radical (unpaired) electrons. The highest BCUT2D eigenvalue weighted by atomic mass is 32.1. The molecule has 0 saturated heterocycles. The van der Waals surface area contributed by atoms with Crippen molar-refractivity contribution in [3.8, 4) is 5.82 Å². The molecule has 0 aromatic carbocycles. The first-order valence-electron chi connectivity index (χ1n) is 7.61. The van der Waals surface area contributed by atoms with E-state index < -0.39 is 5.97 Å². The molecule has 7 nitrogen and oxygen atoms in total. The summed E-state index contributed by atoms with van der Waals surface area (Å²) < 4.78 is 6.37. The van der Waals surface area contributed by atoms with E-state index in [2.05, 4.69) is 15.4 Å². The van der Waals surface area contributed by atoms with Gasteiger partial charge in [-0.3, -0.25) is 4.79 Å². The average molecular weight is 356 g/mol. The maximum atomic E-state index is 12.7. The zero-order chi connectivity index (χ0) is 17.8. The van der Waals surface area contributed by atoms with Gasteiger partial charge in [0.25, 0.3) is 5.91 Å². The molecule has 3 heterocycles. The fraction of sp³-hybridized carbons (Fsp3) is 0.176. The molecule has 0 unspecified atom stereocenters. The highest BCUT2D eigenvalue weighted by Crippen LogP contribution is 2.24. The van der Waals surface area contributed by atoms with Crippen LogP contribution in [0.15, 0.2) is 42.0 Å². The van der Waals surface area contributed by atoms with Crippen LogP contribution in [0, 0.1) is 0 Å². The van der Waals surface area contributed by atoms with E-state index in [1.54, 1.807) is 22.3 Å². The van der Waals surface area contributed by atoms with Gasteiger partial charge >= 0.3 is 5.97 Å². The van der Waals surface area contributed by atoms with E-state index in [-0.39, 0.29) is 5.91 Å². The number of amides is 1. The second-order valence-electron chi connectivity index (χ2n) is 5.07. The molecule has 0 aliphatic heterocycles. The smallest absolute Gasteiger partial charge is 0.350 e. The number of anilines is 1. The van der Waals surface area contributed by atoms with Gasteiger partial charge in [0.15, 0.2) is 5.82 Å². The van der Waals surface area contributed by atoms with Crippen LogP contribution in [-0.2, 0) is 11.2 Å². The highest BCUT2D eigenvalue weighted by molar-refractivity contribution is 7.12. The maximum absolute atomic E-state index is 12.7. The van der Waals surface area contributed by atoms with Crippen molar-refractivity contribution in [3.63, 3.8) is 0 Å². The first kappa shape index (κ1) is 16.8. The Kier molecular flexibility index (Phi) is 4.90. The lowest BCUT2D eigenvalue weighted by Crippen LogP contribution is -2.16. The van der Waals surface area contributed by atoms with Crippen LogP contribution in [-0.4, -0.2) is 33.8 Å². The van der Waals surface area contributed by atoms with E-state index in [0.717, 1.165) is 5.69 Å². The highest BCUT2D eigenvalue weighted by Gasteiger charge is 2.21. The van der Waals surface area contributed by atoms with Gasteiger partial charge in [-0.15, -0.1) is 11.3 Å². The molecule has 0 saturated carbocycles. The largest absolute Gasteiger partial charge is 0.465 e. The third-order valence-electron chi connectivity index (χ3n) is 3.60. The van der Waals surface area contributed by atoms with Crippen molar-refractivity contribution in [3.05, 3.63) is 58.2 Å². The number of carbonyl (C=O) groups is 2. The number of hydrogen-bond acceptors (Lipinski definition) is 6. The van der Waals surface area contributed by atoms with E-state index in [1.165, 1.54) is 24.6 Å². The molecule has 3 aromatic heterocycles. The number of thiophene rings is 1. The van der Waals surface area contributed by atoms with Gasteiger partial charge in [0.05, 0.1) is 30.3 Å². The Morgan fingerprint density at radius 3 is 2.84 bits per heavy atom. The van der Waals surface area contributed by atoms with Gasteiger partial charge in [0.2, 0.25) is 0 Å². The molecule has 3 rings (SSSR count). The zero-order valence-corrected chi connectivity index (χ0v) is 14.5. The second kappa shape index (κ2) is 7.27. The van der Waals surface area contributed by atoms with Crippen molar-refractivity contribution in [2.75, 3.05) is 12.4 Å². The Balaban J connectivity index is 1.90. The van der Waals surface area contributed by atoms with Gasteiger partial charge in [-0.1, -0.05) is 13.0 Å². The molecule has 0 aliphatic carbocycles. The van der Waals surface area contributed by atoms with E-state index >= 15 is 0 Å². The molecule has 1 N–H and O–H groups in total. The average Bonchev–Trinajstić information content (AvgIpc) is 3.28. The van der Waals surface area contributed by atoms with Crippen LogP contribution in [0.4, 0.5) is 5.69 Å². The lowest BCUT2D eigenvalue weighted by atomic mass is 10.2. The van der Waals surface area contributed by atoms with Gasteiger partial charge in [-0.25, -0.2) is 14.5 Å². The summed E-state index contributed by atoms with van der Waals surface area (Å²) in [5.41, 5.74) is 1.61. The van der Waals surface area contributed by atoms with E-state index in [1.807, 2.05) is 25.1 Å². The lowest BCUT2D eigenvalue weighted by molar-refractivity contribution is 0.0607. The number of pyridine rings is 1. The quantitative estimate of drug-likeness (QED) is 0.710. The van der Waals surface area contributed by atoms with Crippen LogP contribution < -0.4 is 5.32 Å². The summed E-state index contributed by atoms with van der Waals surface area (Å²) in [4.78, 5) is 29.0. The first-order valence-corrected chi connectivity index (χ1v) is 8.49. The van der Waals surface area contributed by atoms with Crippen molar-refractivity contribution in [2.24, 2.45) is 0 Å². The molecular weight excluding hydrogens is 340 g/mol. The van der Waals surface area contributed by atoms with Crippen molar-refractivity contribution < 1.29 is 14.3 Å². The molecule has 25 heavy (non-hydrogen) atoms. The van der Waals surface area contributed by atoms with E-state index in [9.17, 15) is 9.59 Å². The summed E-state index contributed by atoms with van der Waals surface area (Å²) >= 11 is 1.21. The van der Waals surface area contributed by atoms with Crippen molar-refractivity contribution >= 4 is 28.9 Å². The monoisotopic (exact) mass is 356 g/mol. The van der Waals surface area contributed by atoms with Gasteiger partial charge in [0, 0.05) is 6.20 Å². The van der Waals surface area contributed by atoms with Gasteiger partial charge in [0.1, 0.15) is 4.88 Å². The predicted octanol–water partition coefficient (Wildman–Crippen LogP) is 2.93. The molecular formula is C17H16N4O3S. The fourth-order valence-corrected chi connectivity index (χ4v) is 3.19. The van der Waals surface area contributed by atoms with Crippen LogP contribution in [0.2, 0.25) is 0 Å². The van der Waals surface area contributed by atoms with Crippen molar-refractivity contribution in [1.29, 1.82) is 0 Å². The summed E-state index contributed by atoms with van der Waals surface area (Å²) in [5.74, 6) is -0.169. The normalized spacial score (nSPS) is 10.5. The molecule has 1 amide bonds. The Morgan fingerprint density at radius 1 is 1.32 bits per heavy atom. The number of aromatic nitrogens is 3. The summed E-state index contributed by atoms with van der Waals surface area (Å²) in [6, 6.07) is 7.17. The summed E-state index contributed by atoms with van der Waals surface area (Å²) in [5, 5.41) is 8.77. The molecule has 3 aromatic rings. The van der Waals surface area contributed by atoms with E-state index in [4.69, 9.17) is 4.74 Å². The molecule has 8 heteroatoms. The van der Waals surface area contributed by atoms with Crippen LogP contribution in [0.25, 0.3) is 5.82 Å². The minimum atomic E-state index is -0.481. The molecule has 0 aliphatic rings. The SMILES string of the molecule is CCc1c(C(=O)Nc2ccsc2C(=O)OC)cnn1-c1ccccn1. The number of ether oxygens (including phenoxy) is 1. The minimum absolute atomic E-state index is 0.331. The molecule has 128 valence electrons. The Hall–Kier alpha value is -3.00. The van der Waals surface area contributed by atoms with Gasteiger partial charge < -0.3 is 10.1 Å². The number of nitrogens with zero attached hydrogens (tertiary/aromatic N) is 3. The van der Waals surface area contributed by atoms with Crippen molar-refractivity contribution in [1.82, 2.24) is 14.8 Å². The summed E-state index contributed by atoms with van der Waals surface area (Å²) in [6.45, 7) is 1.94. The second-order valence-corrected chi connectivity index (χ2v) is 5.98. The minimum Gasteiger partial charge on any atom is -0.465 e. The molecule has 0 atom stereocenters. The number of rotatable bonds is 5. The third kappa shape index (κ3) is 3.29. The number of hydrogen-bond donors (Lipinski definition) is 1. The summed E-state index contributed by atoms with van der Waals surface area (Å²) in [7, 11) is 1.31. The topological polar surface area (TPSA) is 86.1 Å². The number of nitrogens with one attached hydrogen (secondary N) is 1. The van der Waals surface area contributed by atoms with Crippen molar-refractivity contribution in [2.45, 2.75) is 13.3 Å². The number of methoxy groups -OCH3 is 1. The Morgan fingerprint density at radius 2 is 2.16 bits per heavy atom. The molecule has 0 spiro atoms. The van der Waals surface area contributed by atoms with Gasteiger partial charge in [-0.05, 0) is 30.0 Å². The maximum Gasteiger partial charge on any atom is 0.350 e. The Labute approximate surface area is 148 Å². The van der Waals surface area contributed by atoms with Crippen LogP contribution >= 0.6 is 11.3 Å².